The van der Waals surface area contributed by atoms with E-state index in [1.807, 2.05) is 4.90 Å². The number of amides is 1. The van der Waals surface area contributed by atoms with Gasteiger partial charge in [0.05, 0.1) is 12.5 Å². The van der Waals surface area contributed by atoms with Crippen LogP contribution >= 0.6 is 0 Å². The lowest BCUT2D eigenvalue weighted by molar-refractivity contribution is -0.132. The molecule has 0 saturated carbocycles. The molecule has 1 aromatic rings. The predicted molar refractivity (Wildman–Crippen MR) is 91.3 cm³/mol. The maximum Gasteiger partial charge on any atom is 0.226 e. The van der Waals surface area contributed by atoms with Gasteiger partial charge in [0.2, 0.25) is 5.91 Å². The third kappa shape index (κ3) is 4.33. The van der Waals surface area contributed by atoms with Crippen molar-refractivity contribution in [2.75, 3.05) is 33.3 Å². The third-order valence-corrected chi connectivity index (χ3v) is 5.41. The van der Waals surface area contributed by atoms with Gasteiger partial charge < -0.3 is 14.5 Å². The number of hydrogen-bond donors (Lipinski definition) is 0. The molecule has 0 radical (unpaired) electrons. The number of nitrogens with zero attached hydrogens (tertiary/aromatic N) is 2. The van der Waals surface area contributed by atoms with Crippen LogP contribution in [-0.4, -0.2) is 61.1 Å². The summed E-state index contributed by atoms with van der Waals surface area (Å²) in [6, 6.07) is 6.81. The summed E-state index contributed by atoms with van der Waals surface area (Å²) in [4.78, 5) is 16.9. The van der Waals surface area contributed by atoms with Gasteiger partial charge in [-0.05, 0) is 43.4 Å². The van der Waals surface area contributed by atoms with Gasteiger partial charge in [0.1, 0.15) is 5.82 Å². The van der Waals surface area contributed by atoms with Gasteiger partial charge in [-0.25, -0.2) is 4.39 Å². The standard InChI is InChI=1S/C19H27FN2O2/c1-24-18-8-12-21(13-9-18)17-6-10-22(11-7-17)19(23)14-15-2-4-16(20)5-3-15/h2-5,17-18H,6-14H2,1H3. The van der Waals surface area contributed by atoms with E-state index < -0.39 is 0 Å². The van der Waals surface area contributed by atoms with Gasteiger partial charge in [-0.1, -0.05) is 12.1 Å². The van der Waals surface area contributed by atoms with Crippen molar-refractivity contribution in [3.8, 4) is 0 Å². The third-order valence-electron chi connectivity index (χ3n) is 5.41. The summed E-state index contributed by atoms with van der Waals surface area (Å²) < 4.78 is 18.4. The molecule has 3 rings (SSSR count). The number of hydrogen-bond acceptors (Lipinski definition) is 3. The van der Waals surface area contributed by atoms with Crippen LogP contribution in [0.2, 0.25) is 0 Å². The van der Waals surface area contributed by atoms with Crippen molar-refractivity contribution < 1.29 is 13.9 Å². The largest absolute Gasteiger partial charge is 0.381 e. The molecule has 132 valence electrons. The average Bonchev–Trinajstić information content (AvgIpc) is 2.64. The molecule has 5 heteroatoms. The highest BCUT2D eigenvalue weighted by molar-refractivity contribution is 5.78. The number of carbonyl (C=O) groups is 1. The van der Waals surface area contributed by atoms with Crippen LogP contribution in [0.5, 0.6) is 0 Å². The second-order valence-corrected chi connectivity index (χ2v) is 6.89. The number of piperidine rings is 2. The summed E-state index contributed by atoms with van der Waals surface area (Å²) in [6.07, 6.45) is 5.10. The van der Waals surface area contributed by atoms with Gasteiger partial charge in [0.25, 0.3) is 0 Å². The monoisotopic (exact) mass is 334 g/mol. The van der Waals surface area contributed by atoms with Crippen LogP contribution in [0, 0.1) is 5.82 Å². The topological polar surface area (TPSA) is 32.8 Å². The minimum absolute atomic E-state index is 0.151. The maximum absolute atomic E-state index is 12.9. The zero-order chi connectivity index (χ0) is 16.9. The van der Waals surface area contributed by atoms with E-state index in [2.05, 4.69) is 4.90 Å². The van der Waals surface area contributed by atoms with Gasteiger partial charge in [-0.3, -0.25) is 4.79 Å². The van der Waals surface area contributed by atoms with E-state index in [0.717, 1.165) is 57.4 Å². The van der Waals surface area contributed by atoms with Crippen molar-refractivity contribution in [3.63, 3.8) is 0 Å². The van der Waals surface area contributed by atoms with Crippen LogP contribution < -0.4 is 0 Å². The molecule has 0 bridgehead atoms. The van der Waals surface area contributed by atoms with E-state index in [1.165, 1.54) is 12.1 Å². The Hall–Kier alpha value is -1.46. The first-order valence-electron chi connectivity index (χ1n) is 8.95. The summed E-state index contributed by atoms with van der Waals surface area (Å²) in [5.41, 5.74) is 0.880. The average molecular weight is 334 g/mol. The molecule has 4 nitrogen and oxygen atoms in total. The maximum atomic E-state index is 12.9. The van der Waals surface area contributed by atoms with Gasteiger partial charge in [-0.15, -0.1) is 0 Å². The van der Waals surface area contributed by atoms with Gasteiger partial charge in [-0.2, -0.15) is 0 Å². The second-order valence-electron chi connectivity index (χ2n) is 6.89. The van der Waals surface area contributed by atoms with Crippen LogP contribution in [0.4, 0.5) is 4.39 Å². The predicted octanol–water partition coefficient (Wildman–Crippen LogP) is 2.47. The molecular weight excluding hydrogens is 307 g/mol. The molecule has 2 fully saturated rings. The zero-order valence-electron chi connectivity index (χ0n) is 14.4. The number of halogens is 1. The van der Waals surface area contributed by atoms with Crippen molar-refractivity contribution in [1.29, 1.82) is 0 Å². The molecule has 0 spiro atoms. The second kappa shape index (κ2) is 8.08. The van der Waals surface area contributed by atoms with Crippen LogP contribution in [0.1, 0.15) is 31.2 Å². The fourth-order valence-electron chi connectivity index (χ4n) is 3.85. The van der Waals surface area contributed by atoms with Crippen molar-refractivity contribution in [1.82, 2.24) is 9.80 Å². The SMILES string of the molecule is COC1CCN(C2CCN(C(=O)Cc3ccc(F)cc3)CC2)CC1. The number of methoxy groups -OCH3 is 1. The summed E-state index contributed by atoms with van der Waals surface area (Å²) in [5.74, 6) is -0.109. The fraction of sp³-hybridized carbons (Fsp3) is 0.632. The lowest BCUT2D eigenvalue weighted by Gasteiger charge is -2.41. The molecule has 2 saturated heterocycles. The summed E-state index contributed by atoms with van der Waals surface area (Å²) in [5, 5.41) is 0. The normalized spacial score (nSPS) is 21.2. The van der Waals surface area contributed by atoms with E-state index in [1.54, 1.807) is 19.2 Å². The molecule has 1 aromatic carbocycles. The van der Waals surface area contributed by atoms with E-state index in [4.69, 9.17) is 4.74 Å². The first kappa shape index (κ1) is 17.4. The lowest BCUT2D eigenvalue weighted by atomic mass is 9.98. The molecule has 0 aromatic heterocycles. The fourth-order valence-corrected chi connectivity index (χ4v) is 3.85. The Morgan fingerprint density at radius 3 is 2.29 bits per heavy atom. The van der Waals surface area contributed by atoms with Crippen molar-refractivity contribution >= 4 is 5.91 Å². The lowest BCUT2D eigenvalue weighted by Crippen LogP contribution is -2.50. The Balaban J connectivity index is 1.44. The molecule has 0 unspecified atom stereocenters. The Labute approximate surface area is 143 Å². The number of ether oxygens (including phenoxy) is 1. The van der Waals surface area contributed by atoms with Gasteiger partial charge in [0.15, 0.2) is 0 Å². The molecule has 24 heavy (non-hydrogen) atoms. The minimum Gasteiger partial charge on any atom is -0.381 e. The summed E-state index contributed by atoms with van der Waals surface area (Å²) >= 11 is 0. The number of likely N-dealkylation sites (tertiary alicyclic amines) is 2. The highest BCUT2D eigenvalue weighted by Crippen LogP contribution is 2.22. The minimum atomic E-state index is -0.260. The molecule has 0 N–H and O–H groups in total. The Kier molecular flexibility index (Phi) is 5.85. The highest BCUT2D eigenvalue weighted by Gasteiger charge is 2.29. The van der Waals surface area contributed by atoms with E-state index in [-0.39, 0.29) is 11.7 Å². The van der Waals surface area contributed by atoms with Crippen LogP contribution in [-0.2, 0) is 16.0 Å². The Bertz CT molecular complexity index is 533. The molecular formula is C19H27FN2O2. The quantitative estimate of drug-likeness (QED) is 0.848. The molecule has 2 heterocycles. The van der Waals surface area contributed by atoms with Crippen LogP contribution in [0.15, 0.2) is 24.3 Å². The van der Waals surface area contributed by atoms with Crippen molar-refractivity contribution in [2.24, 2.45) is 0 Å². The smallest absolute Gasteiger partial charge is 0.226 e. The van der Waals surface area contributed by atoms with E-state index >= 15 is 0 Å². The highest BCUT2D eigenvalue weighted by atomic mass is 19.1. The van der Waals surface area contributed by atoms with E-state index in [0.29, 0.717) is 18.6 Å². The van der Waals surface area contributed by atoms with E-state index in [9.17, 15) is 9.18 Å². The molecule has 0 aliphatic carbocycles. The Morgan fingerprint density at radius 2 is 1.71 bits per heavy atom. The van der Waals surface area contributed by atoms with Crippen molar-refractivity contribution in [3.05, 3.63) is 35.6 Å². The Morgan fingerprint density at radius 1 is 1.08 bits per heavy atom. The molecule has 1 amide bonds. The number of rotatable bonds is 4. The summed E-state index contributed by atoms with van der Waals surface area (Å²) in [6.45, 7) is 3.86. The van der Waals surface area contributed by atoms with Gasteiger partial charge in [0, 0.05) is 39.3 Å². The molecule has 2 aliphatic heterocycles. The zero-order valence-corrected chi connectivity index (χ0v) is 14.4. The number of benzene rings is 1. The van der Waals surface area contributed by atoms with Gasteiger partial charge >= 0.3 is 0 Å². The first-order valence-corrected chi connectivity index (χ1v) is 8.95. The molecule has 2 aliphatic rings. The van der Waals surface area contributed by atoms with Crippen LogP contribution in [0.25, 0.3) is 0 Å². The summed E-state index contributed by atoms with van der Waals surface area (Å²) in [7, 11) is 1.80. The molecule has 0 atom stereocenters. The number of carbonyl (C=O) groups excluding carboxylic acids is 1. The van der Waals surface area contributed by atoms with Crippen LogP contribution in [0.3, 0.4) is 0 Å². The van der Waals surface area contributed by atoms with Crippen molar-refractivity contribution in [2.45, 2.75) is 44.2 Å². The first-order chi connectivity index (χ1) is 11.7.